The van der Waals surface area contributed by atoms with E-state index in [0.29, 0.717) is 24.6 Å². The van der Waals surface area contributed by atoms with Crippen LogP contribution in [0.15, 0.2) is 47.4 Å². The van der Waals surface area contributed by atoms with Gasteiger partial charge in [0.05, 0.1) is 15.6 Å². The summed E-state index contributed by atoms with van der Waals surface area (Å²) in [5.74, 6) is -0.496. The molecule has 2 heterocycles. The molecule has 2 aromatic rings. The molecule has 0 aliphatic carbocycles. The van der Waals surface area contributed by atoms with Crippen LogP contribution in [0.3, 0.4) is 0 Å². The van der Waals surface area contributed by atoms with Gasteiger partial charge in [-0.25, -0.2) is 13.2 Å². The van der Waals surface area contributed by atoms with E-state index in [0.717, 1.165) is 19.3 Å². The minimum absolute atomic E-state index is 0.0347. The second-order valence-corrected chi connectivity index (χ2v) is 9.97. The van der Waals surface area contributed by atoms with Crippen LogP contribution in [-0.2, 0) is 24.3 Å². The van der Waals surface area contributed by atoms with E-state index < -0.39 is 34.6 Å². The average molecular weight is 495 g/mol. The monoisotopic (exact) mass is 494 g/mol. The number of halogens is 1. The van der Waals surface area contributed by atoms with E-state index >= 15 is 0 Å². The predicted octanol–water partition coefficient (Wildman–Crippen LogP) is 2.84. The SMILES string of the molecule is O=C(COC(=O)C1COc2ccccc2O1)Nc1cc(S(=O)(=O)N2CCCCC2)ccc1Cl. The van der Waals surface area contributed by atoms with Crippen LogP contribution in [0.2, 0.25) is 5.02 Å². The van der Waals surface area contributed by atoms with E-state index in [9.17, 15) is 18.0 Å². The second kappa shape index (κ2) is 9.98. The number of esters is 1. The van der Waals surface area contributed by atoms with Gasteiger partial charge in [-0.2, -0.15) is 4.31 Å². The summed E-state index contributed by atoms with van der Waals surface area (Å²) in [5, 5.41) is 2.66. The Hall–Kier alpha value is -2.82. The number of anilines is 1. The van der Waals surface area contributed by atoms with Crippen LogP contribution in [0.5, 0.6) is 11.5 Å². The summed E-state index contributed by atoms with van der Waals surface area (Å²) in [4.78, 5) is 24.6. The third kappa shape index (κ3) is 5.40. The molecule has 0 saturated carbocycles. The van der Waals surface area contributed by atoms with E-state index in [4.69, 9.17) is 25.8 Å². The molecule has 0 bridgehead atoms. The van der Waals surface area contributed by atoms with Gasteiger partial charge in [0, 0.05) is 13.1 Å². The Labute approximate surface area is 196 Å². The normalized spacial score (nSPS) is 18.4. The van der Waals surface area contributed by atoms with E-state index in [2.05, 4.69) is 5.32 Å². The number of amides is 1. The highest BCUT2D eigenvalue weighted by molar-refractivity contribution is 7.89. The fourth-order valence-electron chi connectivity index (χ4n) is 3.57. The average Bonchev–Trinajstić information content (AvgIpc) is 2.84. The molecule has 9 nitrogen and oxygen atoms in total. The summed E-state index contributed by atoms with van der Waals surface area (Å²) in [6.07, 6.45) is 1.61. The highest BCUT2D eigenvalue weighted by atomic mass is 35.5. The molecule has 0 aromatic heterocycles. The zero-order valence-electron chi connectivity index (χ0n) is 17.7. The molecule has 1 fully saturated rings. The van der Waals surface area contributed by atoms with Gasteiger partial charge in [-0.3, -0.25) is 4.79 Å². The predicted molar refractivity (Wildman–Crippen MR) is 120 cm³/mol. The third-order valence-electron chi connectivity index (χ3n) is 5.28. The van der Waals surface area contributed by atoms with Crippen molar-refractivity contribution in [2.45, 2.75) is 30.3 Å². The minimum Gasteiger partial charge on any atom is -0.485 e. The summed E-state index contributed by atoms with van der Waals surface area (Å²) in [7, 11) is -3.69. The van der Waals surface area contributed by atoms with Crippen LogP contribution in [0.4, 0.5) is 5.69 Å². The van der Waals surface area contributed by atoms with Gasteiger partial charge in [-0.05, 0) is 43.2 Å². The number of benzene rings is 2. The van der Waals surface area contributed by atoms with Crippen LogP contribution in [0.25, 0.3) is 0 Å². The first-order chi connectivity index (χ1) is 15.8. The Balaban J connectivity index is 1.35. The van der Waals surface area contributed by atoms with Gasteiger partial charge in [0.1, 0.15) is 6.61 Å². The lowest BCUT2D eigenvalue weighted by Gasteiger charge is -2.26. The summed E-state index contributed by atoms with van der Waals surface area (Å²) in [6, 6.07) is 11.0. The molecule has 33 heavy (non-hydrogen) atoms. The van der Waals surface area contributed by atoms with Gasteiger partial charge >= 0.3 is 5.97 Å². The molecule has 1 unspecified atom stereocenters. The van der Waals surface area contributed by atoms with Crippen molar-refractivity contribution in [1.82, 2.24) is 4.31 Å². The van der Waals surface area contributed by atoms with Crippen LogP contribution in [0.1, 0.15) is 19.3 Å². The number of carbonyl (C=O) groups is 2. The summed E-state index contributed by atoms with van der Waals surface area (Å²) in [6.45, 7) is 0.277. The minimum atomic E-state index is -3.69. The number of rotatable bonds is 6. The lowest BCUT2D eigenvalue weighted by molar-refractivity contribution is -0.156. The number of para-hydroxylation sites is 2. The van der Waals surface area contributed by atoms with Crippen molar-refractivity contribution in [1.29, 1.82) is 0 Å². The van der Waals surface area contributed by atoms with E-state index in [-0.39, 0.29) is 22.2 Å². The quantitative estimate of drug-likeness (QED) is 0.614. The molecule has 1 amide bonds. The first-order valence-electron chi connectivity index (χ1n) is 10.5. The highest BCUT2D eigenvalue weighted by Gasteiger charge is 2.30. The van der Waals surface area contributed by atoms with Crippen molar-refractivity contribution < 1.29 is 32.2 Å². The van der Waals surface area contributed by atoms with Gasteiger partial charge in [0.15, 0.2) is 18.1 Å². The number of nitrogens with zero attached hydrogens (tertiary/aromatic N) is 1. The molecule has 11 heteroatoms. The number of sulfonamides is 1. The van der Waals surface area contributed by atoms with Crippen LogP contribution in [-0.4, -0.2) is 57.0 Å². The zero-order chi connectivity index (χ0) is 23.4. The van der Waals surface area contributed by atoms with Crippen molar-refractivity contribution in [3.63, 3.8) is 0 Å². The van der Waals surface area contributed by atoms with E-state index in [1.165, 1.54) is 22.5 Å². The maximum Gasteiger partial charge on any atom is 0.351 e. The maximum atomic E-state index is 12.9. The first-order valence-corrected chi connectivity index (χ1v) is 12.3. The van der Waals surface area contributed by atoms with Gasteiger partial charge in [-0.1, -0.05) is 30.2 Å². The number of carbonyl (C=O) groups excluding carboxylic acids is 2. The highest BCUT2D eigenvalue weighted by Crippen LogP contribution is 2.31. The molecule has 4 rings (SSSR count). The van der Waals surface area contributed by atoms with Gasteiger partial charge < -0.3 is 19.5 Å². The molecule has 2 aromatic carbocycles. The van der Waals surface area contributed by atoms with Gasteiger partial charge in [0.25, 0.3) is 5.91 Å². The second-order valence-electron chi connectivity index (χ2n) is 7.63. The smallest absolute Gasteiger partial charge is 0.351 e. The molecule has 176 valence electrons. The van der Waals surface area contributed by atoms with Gasteiger partial charge in [0.2, 0.25) is 16.1 Å². The maximum absolute atomic E-state index is 12.9. The molecular weight excluding hydrogens is 472 g/mol. The topological polar surface area (TPSA) is 111 Å². The van der Waals surface area contributed by atoms with Crippen LogP contribution < -0.4 is 14.8 Å². The van der Waals surface area contributed by atoms with Crippen molar-refractivity contribution in [2.24, 2.45) is 0 Å². The Morgan fingerprint density at radius 3 is 2.58 bits per heavy atom. The summed E-state index contributed by atoms with van der Waals surface area (Å²) < 4.78 is 43.3. The number of ether oxygens (including phenoxy) is 3. The molecule has 2 aliphatic rings. The molecule has 0 spiro atoms. The molecule has 2 aliphatic heterocycles. The van der Waals surface area contributed by atoms with E-state index in [1.807, 2.05) is 0 Å². The lowest BCUT2D eigenvalue weighted by atomic mass is 10.2. The third-order valence-corrected chi connectivity index (χ3v) is 7.51. The zero-order valence-corrected chi connectivity index (χ0v) is 19.2. The van der Waals surface area contributed by atoms with Crippen LogP contribution in [0, 0.1) is 0 Å². The van der Waals surface area contributed by atoms with Crippen LogP contribution >= 0.6 is 11.6 Å². The number of hydrogen-bond donors (Lipinski definition) is 1. The molecule has 0 radical (unpaired) electrons. The van der Waals surface area contributed by atoms with Crippen molar-refractivity contribution in [3.05, 3.63) is 47.5 Å². The number of fused-ring (bicyclic) bond motifs is 1. The summed E-state index contributed by atoms with van der Waals surface area (Å²) in [5.41, 5.74) is 0.113. The summed E-state index contributed by atoms with van der Waals surface area (Å²) >= 11 is 6.14. The molecule has 1 N–H and O–H groups in total. The lowest BCUT2D eigenvalue weighted by Crippen LogP contribution is -2.39. The number of nitrogens with one attached hydrogen (secondary N) is 1. The van der Waals surface area contributed by atoms with Gasteiger partial charge in [-0.15, -0.1) is 0 Å². The fraction of sp³-hybridized carbons (Fsp3) is 0.364. The van der Waals surface area contributed by atoms with Crippen molar-refractivity contribution in [2.75, 3.05) is 31.6 Å². The van der Waals surface area contributed by atoms with Crippen molar-refractivity contribution >= 4 is 39.2 Å². The Morgan fingerprint density at radius 1 is 1.09 bits per heavy atom. The largest absolute Gasteiger partial charge is 0.485 e. The molecule has 1 saturated heterocycles. The first kappa shape index (κ1) is 23.3. The number of piperidine rings is 1. The Morgan fingerprint density at radius 2 is 1.82 bits per heavy atom. The number of hydrogen-bond acceptors (Lipinski definition) is 7. The molecule has 1 atom stereocenters. The van der Waals surface area contributed by atoms with Crippen molar-refractivity contribution in [3.8, 4) is 11.5 Å². The standard InChI is InChI=1S/C22H23ClN2O7S/c23-16-9-8-15(33(28,29)25-10-4-1-5-11-25)12-17(16)24-21(26)14-31-22(27)20-13-30-18-6-2-3-7-19(18)32-20/h2-3,6-9,12,20H,1,4-5,10-11,13-14H2,(H,24,26). The Kier molecular flexibility index (Phi) is 7.06. The Bertz CT molecular complexity index is 1150. The van der Waals surface area contributed by atoms with E-state index in [1.54, 1.807) is 24.3 Å². The fourth-order valence-corrected chi connectivity index (χ4v) is 5.28. The molecular formula is C22H23ClN2O7S.